The number of halogens is 4. The fourth-order valence-corrected chi connectivity index (χ4v) is 5.91. The average molecular weight is 708 g/mol. The van der Waals surface area contributed by atoms with Gasteiger partial charge < -0.3 is 24.8 Å². The van der Waals surface area contributed by atoms with Crippen molar-refractivity contribution in [3.63, 3.8) is 0 Å². The van der Waals surface area contributed by atoms with Gasteiger partial charge in [0, 0.05) is 25.6 Å². The van der Waals surface area contributed by atoms with Gasteiger partial charge in [0.25, 0.3) is 5.91 Å². The van der Waals surface area contributed by atoms with Gasteiger partial charge in [0.15, 0.2) is 17.3 Å². The Morgan fingerprint density at radius 3 is 2.35 bits per heavy atom. The van der Waals surface area contributed by atoms with Gasteiger partial charge in [-0.2, -0.15) is 13.2 Å². The number of ether oxygens (including phenoxy) is 2. The lowest BCUT2D eigenvalue weighted by atomic mass is 9.97. The highest BCUT2D eigenvalue weighted by Crippen LogP contribution is 2.36. The summed E-state index contributed by atoms with van der Waals surface area (Å²) in [5.41, 5.74) is 0.994. The van der Waals surface area contributed by atoms with Crippen molar-refractivity contribution in [2.75, 3.05) is 32.1 Å². The third kappa shape index (κ3) is 9.05. The van der Waals surface area contributed by atoms with Gasteiger partial charge in [-0.25, -0.2) is 4.39 Å². The van der Waals surface area contributed by atoms with Gasteiger partial charge in [-0.05, 0) is 80.6 Å². The maximum atomic E-state index is 14.0. The Labute approximate surface area is 294 Å². The predicted octanol–water partition coefficient (Wildman–Crippen LogP) is 7.73. The number of aliphatic hydroxyl groups is 1. The number of nitrogens with one attached hydrogen (secondary N) is 1. The summed E-state index contributed by atoms with van der Waals surface area (Å²) in [4.78, 5) is 31.0. The number of para-hydroxylation sites is 2. The number of rotatable bonds is 11. The van der Waals surface area contributed by atoms with E-state index in [9.17, 15) is 32.3 Å². The van der Waals surface area contributed by atoms with Crippen molar-refractivity contribution in [1.82, 2.24) is 9.80 Å². The van der Waals surface area contributed by atoms with Crippen molar-refractivity contribution < 1.29 is 41.7 Å². The second-order valence-electron chi connectivity index (χ2n) is 13.0. The molecule has 1 unspecified atom stereocenters. The summed E-state index contributed by atoms with van der Waals surface area (Å²) in [5.74, 6) is -1.55. The van der Waals surface area contributed by atoms with Gasteiger partial charge in [-0.15, -0.1) is 0 Å². The molecule has 270 valence electrons. The first-order valence-electron chi connectivity index (χ1n) is 16.6. The maximum Gasteiger partial charge on any atom is 0.416 e. The number of carbonyl (C=O) groups is 2. The standard InChI is InChI=1S/C39H41F4N3O5/c1-24-20-46(25(2)23-47)38(49)31-8-7-10-33(44-37(48)26(3)28-14-16-29(17-15-28)39(41,42)43)36(31)51-35(24)22-45(4)21-27-12-18-30(19-13-27)50-34-11-6-5-9-32(34)40/h5-19,24-26,35,47H,20-23H2,1-4H3,(H,44,48)/t24-,25+,26?,35-/m1/s1. The zero-order chi connectivity index (χ0) is 36.9. The molecule has 8 nitrogen and oxygen atoms in total. The molecular weight excluding hydrogens is 666 g/mol. The highest BCUT2D eigenvalue weighted by Gasteiger charge is 2.35. The Kier molecular flexibility index (Phi) is 11.7. The molecule has 5 rings (SSSR count). The number of amides is 2. The highest BCUT2D eigenvalue weighted by molar-refractivity contribution is 6.02. The summed E-state index contributed by atoms with van der Waals surface area (Å²) < 4.78 is 65.6. The van der Waals surface area contributed by atoms with Crippen LogP contribution in [0.2, 0.25) is 0 Å². The summed E-state index contributed by atoms with van der Waals surface area (Å²) in [6.07, 6.45) is -4.97. The lowest BCUT2D eigenvalue weighted by molar-refractivity contribution is -0.137. The number of benzene rings is 4. The molecule has 4 atom stereocenters. The lowest BCUT2D eigenvalue weighted by Gasteiger charge is -2.38. The molecule has 51 heavy (non-hydrogen) atoms. The van der Waals surface area contributed by atoms with E-state index >= 15 is 0 Å². The molecule has 1 heterocycles. The Morgan fingerprint density at radius 1 is 1.02 bits per heavy atom. The fraction of sp³-hybridized carbons (Fsp3) is 0.333. The van der Waals surface area contributed by atoms with E-state index < -0.39 is 41.5 Å². The smallest absolute Gasteiger partial charge is 0.416 e. The summed E-state index contributed by atoms with van der Waals surface area (Å²) in [7, 11) is 1.93. The van der Waals surface area contributed by atoms with Crippen LogP contribution in [0.5, 0.6) is 17.2 Å². The molecule has 0 fully saturated rings. The van der Waals surface area contributed by atoms with Crippen LogP contribution in [0.4, 0.5) is 23.2 Å². The third-order valence-electron chi connectivity index (χ3n) is 9.01. The number of fused-ring (bicyclic) bond motifs is 1. The molecule has 1 aliphatic rings. The van der Waals surface area contributed by atoms with Crippen LogP contribution < -0.4 is 14.8 Å². The first kappa shape index (κ1) is 37.3. The second-order valence-corrected chi connectivity index (χ2v) is 13.0. The Hall–Kier alpha value is -4.94. The van der Waals surface area contributed by atoms with Crippen LogP contribution in [0.3, 0.4) is 0 Å². The molecule has 0 saturated heterocycles. The topological polar surface area (TPSA) is 91.3 Å². The minimum absolute atomic E-state index is 0.130. The van der Waals surface area contributed by atoms with Gasteiger partial charge in [0.05, 0.1) is 35.4 Å². The van der Waals surface area contributed by atoms with E-state index in [0.717, 1.165) is 17.7 Å². The van der Waals surface area contributed by atoms with Crippen LogP contribution in [0.25, 0.3) is 0 Å². The Bertz CT molecular complexity index is 1820. The maximum absolute atomic E-state index is 14.0. The first-order chi connectivity index (χ1) is 24.2. The summed E-state index contributed by atoms with van der Waals surface area (Å²) in [6.45, 7) is 6.30. The van der Waals surface area contributed by atoms with Crippen LogP contribution in [0.1, 0.15) is 53.7 Å². The number of hydrogen-bond donors (Lipinski definition) is 2. The van der Waals surface area contributed by atoms with E-state index in [0.29, 0.717) is 30.9 Å². The van der Waals surface area contributed by atoms with Gasteiger partial charge >= 0.3 is 6.18 Å². The van der Waals surface area contributed by atoms with Gasteiger partial charge in [0.2, 0.25) is 5.91 Å². The molecule has 2 N–H and O–H groups in total. The SMILES string of the molecule is CC(C(=O)Nc1cccc2c1O[C@H](CN(C)Cc1ccc(Oc3ccccc3F)cc1)[C@H](C)CN([C@@H](C)CO)C2=O)c1ccc(C(F)(F)F)cc1. The third-order valence-corrected chi connectivity index (χ3v) is 9.01. The number of alkyl halides is 3. The molecule has 0 aliphatic carbocycles. The molecule has 4 aromatic carbocycles. The van der Waals surface area contributed by atoms with Crippen LogP contribution in [-0.4, -0.2) is 65.6 Å². The predicted molar refractivity (Wildman–Crippen MR) is 185 cm³/mol. The molecule has 0 aromatic heterocycles. The molecule has 2 amide bonds. The van der Waals surface area contributed by atoms with Crippen molar-refractivity contribution in [1.29, 1.82) is 0 Å². The molecular formula is C39H41F4N3O5. The summed E-state index contributed by atoms with van der Waals surface area (Å²) >= 11 is 0. The minimum atomic E-state index is -4.50. The van der Waals surface area contributed by atoms with Gasteiger partial charge in [-0.3, -0.25) is 14.5 Å². The number of hydrogen-bond acceptors (Lipinski definition) is 6. The fourth-order valence-electron chi connectivity index (χ4n) is 5.91. The van der Waals surface area contributed by atoms with Crippen LogP contribution in [0.15, 0.2) is 91.0 Å². The first-order valence-corrected chi connectivity index (χ1v) is 16.6. The quantitative estimate of drug-likeness (QED) is 0.155. The molecule has 1 aliphatic heterocycles. The summed E-state index contributed by atoms with van der Waals surface area (Å²) in [6, 6.07) is 22.2. The van der Waals surface area contributed by atoms with Crippen LogP contribution in [0, 0.1) is 11.7 Å². The molecule has 0 spiro atoms. The van der Waals surface area contributed by atoms with Crippen molar-refractivity contribution in [3.05, 3.63) is 119 Å². The average Bonchev–Trinajstić information content (AvgIpc) is 3.10. The highest BCUT2D eigenvalue weighted by atomic mass is 19.4. The van der Waals surface area contributed by atoms with E-state index in [1.54, 1.807) is 67.3 Å². The number of aliphatic hydroxyl groups excluding tert-OH is 1. The van der Waals surface area contributed by atoms with E-state index in [1.807, 2.05) is 26.1 Å². The van der Waals surface area contributed by atoms with E-state index in [1.165, 1.54) is 18.2 Å². The number of nitrogens with zero attached hydrogens (tertiary/aromatic N) is 2. The van der Waals surface area contributed by atoms with Crippen LogP contribution in [-0.2, 0) is 17.5 Å². The molecule has 0 radical (unpaired) electrons. The van der Waals surface area contributed by atoms with E-state index in [4.69, 9.17) is 9.47 Å². The molecule has 4 aromatic rings. The van der Waals surface area contributed by atoms with E-state index in [2.05, 4.69) is 10.2 Å². The van der Waals surface area contributed by atoms with Crippen molar-refractivity contribution in [2.24, 2.45) is 5.92 Å². The van der Waals surface area contributed by atoms with Crippen molar-refractivity contribution in [3.8, 4) is 17.2 Å². The van der Waals surface area contributed by atoms with Gasteiger partial charge in [0.1, 0.15) is 11.9 Å². The normalized spacial score (nSPS) is 17.5. The Morgan fingerprint density at radius 2 is 1.71 bits per heavy atom. The zero-order valence-corrected chi connectivity index (χ0v) is 28.8. The van der Waals surface area contributed by atoms with Crippen LogP contribution >= 0.6 is 0 Å². The monoisotopic (exact) mass is 707 g/mol. The van der Waals surface area contributed by atoms with Gasteiger partial charge in [-0.1, -0.05) is 49.4 Å². The zero-order valence-electron chi connectivity index (χ0n) is 28.8. The van der Waals surface area contributed by atoms with E-state index in [-0.39, 0.29) is 41.2 Å². The minimum Gasteiger partial charge on any atom is -0.486 e. The number of likely N-dealkylation sites (N-methyl/N-ethyl adjacent to an activating group) is 1. The molecule has 0 saturated carbocycles. The second kappa shape index (κ2) is 15.9. The summed E-state index contributed by atoms with van der Waals surface area (Å²) in [5, 5.41) is 12.9. The largest absolute Gasteiger partial charge is 0.486 e. The lowest BCUT2D eigenvalue weighted by Crippen LogP contribution is -2.49. The molecule has 0 bridgehead atoms. The van der Waals surface area contributed by atoms with Crippen molar-refractivity contribution in [2.45, 2.75) is 51.6 Å². The number of anilines is 1. The Balaban J connectivity index is 1.36. The van der Waals surface area contributed by atoms with Crippen molar-refractivity contribution >= 4 is 17.5 Å². The molecule has 12 heteroatoms. The number of carbonyl (C=O) groups excluding carboxylic acids is 2.